The Balaban J connectivity index is 1.49. The van der Waals surface area contributed by atoms with Crippen molar-refractivity contribution in [3.8, 4) is 5.75 Å². The molecule has 1 aromatic heterocycles. The van der Waals surface area contributed by atoms with Crippen molar-refractivity contribution in [2.45, 2.75) is 19.9 Å². The number of amides is 1. The molecule has 1 fully saturated rings. The van der Waals surface area contributed by atoms with Crippen LogP contribution in [0.15, 0.2) is 23.6 Å². The maximum Gasteiger partial charge on any atom is 0.228 e. The number of aromatic nitrogens is 1. The lowest BCUT2D eigenvalue weighted by Gasteiger charge is -2.34. The predicted molar refractivity (Wildman–Crippen MR) is 95.4 cm³/mol. The van der Waals surface area contributed by atoms with Gasteiger partial charge in [0.2, 0.25) is 5.91 Å². The van der Waals surface area contributed by atoms with Crippen molar-refractivity contribution in [3.63, 3.8) is 0 Å². The molecule has 1 aromatic carbocycles. The normalized spacial score (nSPS) is 15.4. The summed E-state index contributed by atoms with van der Waals surface area (Å²) in [6, 6.07) is 5.05. The van der Waals surface area contributed by atoms with Crippen molar-refractivity contribution in [1.82, 2.24) is 14.8 Å². The van der Waals surface area contributed by atoms with E-state index in [9.17, 15) is 9.18 Å². The highest BCUT2D eigenvalue weighted by Crippen LogP contribution is 2.19. The van der Waals surface area contributed by atoms with Gasteiger partial charge in [-0.1, -0.05) is 6.07 Å². The van der Waals surface area contributed by atoms with Crippen LogP contribution >= 0.6 is 11.3 Å². The highest BCUT2D eigenvalue weighted by atomic mass is 32.1. The molecule has 25 heavy (non-hydrogen) atoms. The molecule has 134 valence electrons. The maximum atomic E-state index is 13.8. The van der Waals surface area contributed by atoms with E-state index in [2.05, 4.69) is 9.88 Å². The summed E-state index contributed by atoms with van der Waals surface area (Å²) in [7, 11) is 1.46. The van der Waals surface area contributed by atoms with E-state index in [1.54, 1.807) is 17.4 Å². The van der Waals surface area contributed by atoms with Crippen molar-refractivity contribution in [2.75, 3.05) is 33.3 Å². The van der Waals surface area contributed by atoms with E-state index in [1.807, 2.05) is 23.3 Å². The van der Waals surface area contributed by atoms with Crippen LogP contribution in [0, 0.1) is 12.7 Å². The van der Waals surface area contributed by atoms with Gasteiger partial charge >= 0.3 is 0 Å². The van der Waals surface area contributed by atoms with Gasteiger partial charge in [-0.2, -0.15) is 0 Å². The molecule has 3 rings (SSSR count). The largest absolute Gasteiger partial charge is 0.494 e. The second kappa shape index (κ2) is 7.93. The van der Waals surface area contributed by atoms with Gasteiger partial charge in [-0.3, -0.25) is 9.69 Å². The molecule has 1 aliphatic heterocycles. The minimum atomic E-state index is -0.340. The third-order valence-electron chi connectivity index (χ3n) is 4.35. The molecule has 0 N–H and O–H groups in total. The first-order chi connectivity index (χ1) is 12.0. The van der Waals surface area contributed by atoms with E-state index >= 15 is 0 Å². The van der Waals surface area contributed by atoms with Crippen molar-refractivity contribution >= 4 is 17.2 Å². The standard InChI is InChI=1S/C18H22FN3O2S/c1-13-20-15(12-25-13)10-18(23)22-7-5-21(6-8-22)11-14-3-4-17(24-2)16(19)9-14/h3-4,9,12H,5-8,10-11H2,1-2H3. The predicted octanol–water partition coefficient (Wildman–Crippen LogP) is 2.49. The molecule has 7 heteroatoms. The Morgan fingerprint density at radius 2 is 2.08 bits per heavy atom. The Kier molecular flexibility index (Phi) is 5.65. The second-order valence-electron chi connectivity index (χ2n) is 6.16. The molecular formula is C18H22FN3O2S. The maximum absolute atomic E-state index is 13.8. The van der Waals surface area contributed by atoms with Gasteiger partial charge in [-0.05, 0) is 24.6 Å². The van der Waals surface area contributed by atoms with Crippen LogP contribution in [0.5, 0.6) is 5.75 Å². The first-order valence-corrected chi connectivity index (χ1v) is 9.16. The number of piperazine rings is 1. The van der Waals surface area contributed by atoms with Gasteiger partial charge in [0.25, 0.3) is 0 Å². The number of benzene rings is 1. The van der Waals surface area contributed by atoms with Crippen LogP contribution in [0.3, 0.4) is 0 Å². The molecule has 2 aromatic rings. The van der Waals surface area contributed by atoms with Crippen molar-refractivity contribution < 1.29 is 13.9 Å². The van der Waals surface area contributed by atoms with Gasteiger partial charge in [-0.15, -0.1) is 11.3 Å². The van der Waals surface area contributed by atoms with Crippen LogP contribution in [0.25, 0.3) is 0 Å². The van der Waals surface area contributed by atoms with Crippen molar-refractivity contribution in [2.24, 2.45) is 0 Å². The van der Waals surface area contributed by atoms with E-state index < -0.39 is 0 Å². The highest BCUT2D eigenvalue weighted by molar-refractivity contribution is 7.09. The summed E-state index contributed by atoms with van der Waals surface area (Å²) >= 11 is 1.57. The Labute approximate surface area is 151 Å². The average molecular weight is 363 g/mol. The number of methoxy groups -OCH3 is 1. The van der Waals surface area contributed by atoms with Crippen molar-refractivity contribution in [3.05, 3.63) is 45.7 Å². The topological polar surface area (TPSA) is 45.7 Å². The summed E-state index contributed by atoms with van der Waals surface area (Å²) in [5, 5.41) is 2.93. The molecule has 1 aliphatic rings. The fraction of sp³-hybridized carbons (Fsp3) is 0.444. The summed E-state index contributed by atoms with van der Waals surface area (Å²) in [5.74, 6) is 0.0456. The van der Waals surface area contributed by atoms with Crippen molar-refractivity contribution in [1.29, 1.82) is 0 Å². The Hall–Kier alpha value is -1.99. The molecule has 0 saturated carbocycles. The number of aryl methyl sites for hydroxylation is 1. The number of ether oxygens (including phenoxy) is 1. The van der Waals surface area contributed by atoms with Crippen LogP contribution in [-0.4, -0.2) is 54.0 Å². The Bertz CT molecular complexity index is 742. The monoisotopic (exact) mass is 363 g/mol. The average Bonchev–Trinajstić information content (AvgIpc) is 3.00. The van der Waals surface area contributed by atoms with E-state index in [0.29, 0.717) is 26.1 Å². The molecule has 1 saturated heterocycles. The molecule has 5 nitrogen and oxygen atoms in total. The fourth-order valence-electron chi connectivity index (χ4n) is 2.98. The van der Waals surface area contributed by atoms with Gasteiger partial charge < -0.3 is 9.64 Å². The number of thiazole rings is 1. The summed E-state index contributed by atoms with van der Waals surface area (Å²) in [5.41, 5.74) is 1.76. The summed E-state index contributed by atoms with van der Waals surface area (Å²) in [6.45, 7) is 5.58. The molecule has 0 spiro atoms. The molecule has 0 radical (unpaired) electrons. The first kappa shape index (κ1) is 17.8. The third-order valence-corrected chi connectivity index (χ3v) is 5.17. The molecular weight excluding hydrogens is 341 g/mol. The minimum absolute atomic E-state index is 0.125. The lowest BCUT2D eigenvalue weighted by atomic mass is 10.1. The second-order valence-corrected chi connectivity index (χ2v) is 7.22. The van der Waals surface area contributed by atoms with E-state index in [1.165, 1.54) is 13.2 Å². The van der Waals surface area contributed by atoms with Crippen LogP contribution in [0.1, 0.15) is 16.3 Å². The smallest absolute Gasteiger partial charge is 0.228 e. The molecule has 0 aliphatic carbocycles. The van der Waals surface area contributed by atoms with E-state index in [0.717, 1.165) is 29.4 Å². The van der Waals surface area contributed by atoms with Gasteiger partial charge in [0.1, 0.15) is 0 Å². The van der Waals surface area contributed by atoms with Crippen LogP contribution in [0.4, 0.5) is 4.39 Å². The number of carbonyl (C=O) groups is 1. The number of carbonyl (C=O) groups excluding carboxylic acids is 1. The molecule has 1 amide bonds. The summed E-state index contributed by atoms with van der Waals surface area (Å²) < 4.78 is 18.7. The van der Waals surface area contributed by atoms with E-state index in [-0.39, 0.29) is 17.5 Å². The quantitative estimate of drug-likeness (QED) is 0.819. The van der Waals surface area contributed by atoms with Crippen LogP contribution in [-0.2, 0) is 17.8 Å². The zero-order chi connectivity index (χ0) is 17.8. The lowest BCUT2D eigenvalue weighted by molar-refractivity contribution is -0.132. The number of nitrogens with zero attached hydrogens (tertiary/aromatic N) is 3. The first-order valence-electron chi connectivity index (χ1n) is 8.28. The third kappa shape index (κ3) is 4.55. The zero-order valence-corrected chi connectivity index (χ0v) is 15.3. The molecule has 2 heterocycles. The van der Waals surface area contributed by atoms with Gasteiger partial charge in [0.05, 0.1) is 24.2 Å². The molecule has 0 bridgehead atoms. The van der Waals surface area contributed by atoms with Gasteiger partial charge in [0, 0.05) is 38.1 Å². The van der Waals surface area contributed by atoms with E-state index in [4.69, 9.17) is 4.74 Å². The SMILES string of the molecule is COc1ccc(CN2CCN(C(=O)Cc3csc(C)n3)CC2)cc1F. The van der Waals surface area contributed by atoms with Crippen LogP contribution < -0.4 is 4.74 Å². The Morgan fingerprint density at radius 1 is 1.32 bits per heavy atom. The van der Waals surface area contributed by atoms with Gasteiger partial charge in [-0.25, -0.2) is 9.37 Å². The molecule has 0 unspecified atom stereocenters. The number of rotatable bonds is 5. The molecule has 0 atom stereocenters. The minimum Gasteiger partial charge on any atom is -0.494 e. The summed E-state index contributed by atoms with van der Waals surface area (Å²) in [4.78, 5) is 20.8. The summed E-state index contributed by atoms with van der Waals surface area (Å²) in [6.07, 6.45) is 0.369. The zero-order valence-electron chi connectivity index (χ0n) is 14.5. The number of hydrogen-bond acceptors (Lipinski definition) is 5. The number of hydrogen-bond donors (Lipinski definition) is 0. The Morgan fingerprint density at radius 3 is 2.68 bits per heavy atom. The highest BCUT2D eigenvalue weighted by Gasteiger charge is 2.22. The fourth-order valence-corrected chi connectivity index (χ4v) is 3.59. The lowest BCUT2D eigenvalue weighted by Crippen LogP contribution is -2.48. The van der Waals surface area contributed by atoms with Gasteiger partial charge in [0.15, 0.2) is 11.6 Å². The van der Waals surface area contributed by atoms with Crippen LogP contribution in [0.2, 0.25) is 0 Å². The number of halogens is 1.